The van der Waals surface area contributed by atoms with Gasteiger partial charge in [0.15, 0.2) is 0 Å². The third kappa shape index (κ3) is 3.22. The minimum absolute atomic E-state index is 0.524. The van der Waals surface area contributed by atoms with E-state index in [0.717, 1.165) is 24.5 Å². The average Bonchev–Trinajstić information content (AvgIpc) is 2.29. The number of rotatable bonds is 6. The fourth-order valence-corrected chi connectivity index (χ4v) is 1.30. The predicted octanol–water partition coefficient (Wildman–Crippen LogP) is 1.72. The SMILES string of the molecule is C=CCN(CC=C)c1ccc(CN)cn1. The van der Waals surface area contributed by atoms with Gasteiger partial charge >= 0.3 is 0 Å². The van der Waals surface area contributed by atoms with Gasteiger partial charge in [0.1, 0.15) is 5.82 Å². The van der Waals surface area contributed by atoms with Crippen LogP contribution in [-0.4, -0.2) is 18.1 Å². The molecule has 0 radical (unpaired) electrons. The van der Waals surface area contributed by atoms with Gasteiger partial charge in [-0.2, -0.15) is 0 Å². The first-order chi connectivity index (χ1) is 7.31. The Hall–Kier alpha value is -1.61. The van der Waals surface area contributed by atoms with Crippen LogP contribution in [0.25, 0.3) is 0 Å². The second-order valence-electron chi connectivity index (χ2n) is 3.21. The van der Waals surface area contributed by atoms with Gasteiger partial charge in [-0.15, -0.1) is 13.2 Å². The van der Waals surface area contributed by atoms with Crippen LogP contribution in [0.1, 0.15) is 5.56 Å². The van der Waals surface area contributed by atoms with E-state index in [-0.39, 0.29) is 0 Å². The third-order valence-corrected chi connectivity index (χ3v) is 2.07. The number of hydrogen-bond acceptors (Lipinski definition) is 3. The monoisotopic (exact) mass is 203 g/mol. The van der Waals surface area contributed by atoms with Gasteiger partial charge in [0.05, 0.1) is 0 Å². The molecule has 0 aliphatic carbocycles. The highest BCUT2D eigenvalue weighted by Gasteiger charge is 2.03. The largest absolute Gasteiger partial charge is 0.349 e. The lowest BCUT2D eigenvalue weighted by molar-refractivity contribution is 0.919. The summed E-state index contributed by atoms with van der Waals surface area (Å²) in [4.78, 5) is 6.42. The van der Waals surface area contributed by atoms with Crippen molar-refractivity contribution in [2.24, 2.45) is 5.73 Å². The highest BCUT2D eigenvalue weighted by molar-refractivity contribution is 5.40. The van der Waals surface area contributed by atoms with Crippen LogP contribution in [0.15, 0.2) is 43.6 Å². The maximum atomic E-state index is 5.51. The Bertz CT molecular complexity index is 306. The molecule has 3 heteroatoms. The Morgan fingerprint density at radius 2 is 1.93 bits per heavy atom. The van der Waals surface area contributed by atoms with Crippen LogP contribution in [-0.2, 0) is 6.54 Å². The molecule has 0 atom stereocenters. The zero-order valence-corrected chi connectivity index (χ0v) is 8.89. The van der Waals surface area contributed by atoms with Gasteiger partial charge < -0.3 is 10.6 Å². The van der Waals surface area contributed by atoms with Crippen molar-refractivity contribution in [3.05, 3.63) is 49.2 Å². The molecule has 1 heterocycles. The maximum Gasteiger partial charge on any atom is 0.129 e. The Labute approximate surface area is 90.9 Å². The van der Waals surface area contributed by atoms with E-state index in [9.17, 15) is 0 Å². The van der Waals surface area contributed by atoms with Crippen LogP contribution < -0.4 is 10.6 Å². The molecule has 0 amide bonds. The van der Waals surface area contributed by atoms with Crippen molar-refractivity contribution in [1.82, 2.24) is 4.98 Å². The van der Waals surface area contributed by atoms with Crippen molar-refractivity contribution in [2.75, 3.05) is 18.0 Å². The van der Waals surface area contributed by atoms with Gasteiger partial charge in [-0.3, -0.25) is 0 Å². The van der Waals surface area contributed by atoms with Gasteiger partial charge in [0.25, 0.3) is 0 Å². The summed E-state index contributed by atoms with van der Waals surface area (Å²) in [5.41, 5.74) is 6.55. The maximum absolute atomic E-state index is 5.51. The van der Waals surface area contributed by atoms with Crippen molar-refractivity contribution < 1.29 is 0 Å². The first kappa shape index (κ1) is 11.5. The van der Waals surface area contributed by atoms with Crippen molar-refractivity contribution >= 4 is 5.82 Å². The molecule has 0 aromatic carbocycles. The molecule has 0 aliphatic rings. The topological polar surface area (TPSA) is 42.1 Å². The van der Waals surface area contributed by atoms with E-state index >= 15 is 0 Å². The lowest BCUT2D eigenvalue weighted by Crippen LogP contribution is -2.24. The number of hydrogen-bond donors (Lipinski definition) is 1. The first-order valence-corrected chi connectivity index (χ1v) is 4.93. The standard InChI is InChI=1S/C12H17N3/c1-3-7-15(8-4-2)12-6-5-11(9-13)10-14-12/h3-6,10H,1-2,7-9,13H2. The molecule has 0 aliphatic heterocycles. The van der Waals surface area contributed by atoms with Crippen LogP contribution in [0.2, 0.25) is 0 Å². The molecule has 1 aromatic rings. The molecule has 0 fully saturated rings. The molecular formula is C12H17N3. The number of nitrogens with zero attached hydrogens (tertiary/aromatic N) is 2. The van der Waals surface area contributed by atoms with Gasteiger partial charge in [-0.1, -0.05) is 18.2 Å². The van der Waals surface area contributed by atoms with E-state index < -0.39 is 0 Å². The van der Waals surface area contributed by atoms with Crippen molar-refractivity contribution in [3.63, 3.8) is 0 Å². The molecule has 1 rings (SSSR count). The molecule has 0 saturated carbocycles. The Morgan fingerprint density at radius 1 is 1.27 bits per heavy atom. The average molecular weight is 203 g/mol. The summed E-state index contributed by atoms with van der Waals surface area (Å²) >= 11 is 0. The summed E-state index contributed by atoms with van der Waals surface area (Å²) in [6, 6.07) is 3.96. The van der Waals surface area contributed by atoms with E-state index in [1.54, 1.807) is 6.20 Å². The highest BCUT2D eigenvalue weighted by Crippen LogP contribution is 2.10. The Kier molecular flexibility index (Phi) is 4.57. The van der Waals surface area contributed by atoms with Crippen LogP contribution >= 0.6 is 0 Å². The van der Waals surface area contributed by atoms with Gasteiger partial charge in [-0.05, 0) is 11.6 Å². The quantitative estimate of drug-likeness (QED) is 0.716. The van der Waals surface area contributed by atoms with E-state index in [4.69, 9.17) is 5.73 Å². The molecule has 0 bridgehead atoms. The summed E-state index contributed by atoms with van der Waals surface area (Å²) in [6.45, 7) is 9.49. The predicted molar refractivity (Wildman–Crippen MR) is 64.7 cm³/mol. The van der Waals surface area contributed by atoms with Crippen LogP contribution in [0.3, 0.4) is 0 Å². The molecule has 0 unspecified atom stereocenters. The van der Waals surface area contributed by atoms with Gasteiger partial charge in [0, 0.05) is 25.8 Å². The van der Waals surface area contributed by atoms with Crippen LogP contribution in [0.5, 0.6) is 0 Å². The van der Waals surface area contributed by atoms with Crippen molar-refractivity contribution in [2.45, 2.75) is 6.54 Å². The highest BCUT2D eigenvalue weighted by atomic mass is 15.2. The second kappa shape index (κ2) is 5.98. The molecule has 3 nitrogen and oxygen atoms in total. The summed E-state index contributed by atoms with van der Waals surface area (Å²) in [6.07, 6.45) is 5.50. The molecule has 0 saturated heterocycles. The minimum atomic E-state index is 0.524. The molecule has 0 spiro atoms. The lowest BCUT2D eigenvalue weighted by Gasteiger charge is -2.20. The molecule has 80 valence electrons. The summed E-state index contributed by atoms with van der Waals surface area (Å²) < 4.78 is 0. The third-order valence-electron chi connectivity index (χ3n) is 2.07. The summed E-state index contributed by atoms with van der Waals surface area (Å²) in [5, 5.41) is 0. The zero-order valence-electron chi connectivity index (χ0n) is 8.89. The molecular weight excluding hydrogens is 186 g/mol. The summed E-state index contributed by atoms with van der Waals surface area (Å²) in [7, 11) is 0. The van der Waals surface area contributed by atoms with E-state index in [1.807, 2.05) is 24.3 Å². The summed E-state index contributed by atoms with van der Waals surface area (Å²) in [5.74, 6) is 0.923. The van der Waals surface area contributed by atoms with Crippen molar-refractivity contribution in [1.29, 1.82) is 0 Å². The number of anilines is 1. The normalized spacial score (nSPS) is 9.67. The fraction of sp³-hybridized carbons (Fsp3) is 0.250. The van der Waals surface area contributed by atoms with Crippen molar-refractivity contribution in [3.8, 4) is 0 Å². The van der Waals surface area contributed by atoms with Crippen LogP contribution in [0.4, 0.5) is 5.82 Å². The van der Waals surface area contributed by atoms with Gasteiger partial charge in [-0.25, -0.2) is 4.98 Å². The first-order valence-electron chi connectivity index (χ1n) is 4.93. The van der Waals surface area contributed by atoms with Crippen LogP contribution in [0, 0.1) is 0 Å². The Morgan fingerprint density at radius 3 is 2.33 bits per heavy atom. The smallest absolute Gasteiger partial charge is 0.129 e. The molecule has 2 N–H and O–H groups in total. The molecule has 15 heavy (non-hydrogen) atoms. The molecule has 1 aromatic heterocycles. The van der Waals surface area contributed by atoms with E-state index in [2.05, 4.69) is 23.0 Å². The number of nitrogens with two attached hydrogens (primary N) is 1. The number of aromatic nitrogens is 1. The minimum Gasteiger partial charge on any atom is -0.349 e. The number of pyridine rings is 1. The van der Waals surface area contributed by atoms with Gasteiger partial charge in [0.2, 0.25) is 0 Å². The second-order valence-corrected chi connectivity index (χ2v) is 3.21. The fourth-order valence-electron chi connectivity index (χ4n) is 1.30. The lowest BCUT2D eigenvalue weighted by atomic mass is 10.3. The van der Waals surface area contributed by atoms with E-state index in [0.29, 0.717) is 6.54 Å². The Balaban J connectivity index is 2.80. The van der Waals surface area contributed by atoms with E-state index in [1.165, 1.54) is 0 Å². The zero-order chi connectivity index (χ0) is 11.1.